The van der Waals surface area contributed by atoms with Crippen molar-refractivity contribution in [3.63, 3.8) is 0 Å². The van der Waals surface area contributed by atoms with Gasteiger partial charge in [-0.25, -0.2) is 31.9 Å². The van der Waals surface area contributed by atoms with Crippen LogP contribution in [0.25, 0.3) is 0 Å². The number of halogens is 7. The molecule has 0 amide bonds. The van der Waals surface area contributed by atoms with Crippen molar-refractivity contribution < 1.29 is 93.0 Å². The Morgan fingerprint density at radius 3 is 1.37 bits per heavy atom. The van der Waals surface area contributed by atoms with E-state index in [4.69, 9.17) is 60.8 Å². The summed E-state index contributed by atoms with van der Waals surface area (Å²) in [6.07, 6.45) is -5.22. The lowest BCUT2D eigenvalue weighted by Crippen LogP contribution is -2.43. The number of esters is 2. The van der Waals surface area contributed by atoms with Crippen molar-refractivity contribution >= 4 is 50.6 Å². The Hall–Kier alpha value is -6.27. The van der Waals surface area contributed by atoms with Gasteiger partial charge in [-0.05, 0) is 79.7 Å². The molecule has 25 nitrogen and oxygen atoms in total. The van der Waals surface area contributed by atoms with Crippen LogP contribution in [0.15, 0.2) is 104 Å². The van der Waals surface area contributed by atoms with E-state index in [1.54, 1.807) is 50.2 Å². The average molecular weight is 1280 g/mol. The molecule has 0 unspecified atom stereocenters. The molecular formula is C50H59Cl2F5N6O19P2. The summed E-state index contributed by atoms with van der Waals surface area (Å²) in [5, 5.41) is 34.4. The topological polar surface area (TPSA) is 337 Å². The molecule has 0 radical (unpaired) electrons. The van der Waals surface area contributed by atoms with E-state index in [-0.39, 0.29) is 11.5 Å². The SMILES string of the molecule is CC(C)OC(=O)[C@@H](C)N[P@@](=O)(OC[C@H]1O[C@@H](n2ccc(=O)[nH]c2=O)[C@](C)(Cl)[C@@H]1O)Oc1ccccc1.CC(C)OC(=O)[C@@H](C)N[P@@](=O)(Oc1ccccc1)Oc1c(F)c(F)c(F)c(F)c1F.C[C@@]1(Cl)[C@H](O)[C@@H](CO)O[C@H]1n1ccc(=O)[nH]c1=O. The Morgan fingerprint density at radius 1 is 0.619 bits per heavy atom. The minimum absolute atomic E-state index is 0.137. The number of para-hydroxylation sites is 2. The first-order valence-electron chi connectivity index (χ1n) is 24.9. The highest BCUT2D eigenvalue weighted by atomic mass is 35.5. The molecular weight excluding hydrogens is 1220 g/mol. The minimum atomic E-state index is -4.91. The van der Waals surface area contributed by atoms with Gasteiger partial charge in [-0.15, -0.1) is 23.2 Å². The van der Waals surface area contributed by atoms with Crippen molar-refractivity contribution in [1.82, 2.24) is 29.3 Å². The average Bonchev–Trinajstić information content (AvgIpc) is 1.93. The number of nitrogens with one attached hydrogen (secondary N) is 4. The van der Waals surface area contributed by atoms with Gasteiger partial charge in [0.1, 0.15) is 57.7 Å². The predicted octanol–water partition coefficient (Wildman–Crippen LogP) is 5.59. The van der Waals surface area contributed by atoms with E-state index < -0.39 is 169 Å². The van der Waals surface area contributed by atoms with Crippen LogP contribution in [0, 0.1) is 29.1 Å². The van der Waals surface area contributed by atoms with Crippen LogP contribution >= 0.6 is 38.7 Å². The van der Waals surface area contributed by atoms with Gasteiger partial charge in [0.2, 0.25) is 34.8 Å². The van der Waals surface area contributed by atoms with Gasteiger partial charge in [0.25, 0.3) is 11.1 Å². The van der Waals surface area contributed by atoms with E-state index in [1.807, 2.05) is 0 Å². The Balaban J connectivity index is 0.000000243. The number of ether oxygens (including phenoxy) is 4. The molecule has 0 saturated carbocycles. The second kappa shape index (κ2) is 28.7. The van der Waals surface area contributed by atoms with E-state index in [1.165, 1.54) is 78.2 Å². The van der Waals surface area contributed by atoms with Crippen LogP contribution in [0.5, 0.6) is 17.2 Å². The van der Waals surface area contributed by atoms with Crippen LogP contribution in [0.2, 0.25) is 0 Å². The van der Waals surface area contributed by atoms with Crippen molar-refractivity contribution in [3.05, 3.63) is 156 Å². The molecule has 2 fully saturated rings. The van der Waals surface area contributed by atoms with Crippen LogP contribution in [-0.2, 0) is 42.2 Å². The van der Waals surface area contributed by atoms with Crippen LogP contribution in [0.3, 0.4) is 0 Å². The number of carbonyl (C=O) groups is 2. The van der Waals surface area contributed by atoms with Crippen molar-refractivity contribution in [2.45, 2.75) is 126 Å². The van der Waals surface area contributed by atoms with Crippen LogP contribution in [-0.4, -0.2) is 118 Å². The third-order valence-corrected chi connectivity index (χ3v) is 15.7. The fraction of sp³-hybridized carbons (Fsp3) is 0.440. The van der Waals surface area contributed by atoms with Crippen molar-refractivity contribution in [2.24, 2.45) is 0 Å². The van der Waals surface area contributed by atoms with Crippen LogP contribution in [0.1, 0.15) is 67.8 Å². The summed E-state index contributed by atoms with van der Waals surface area (Å²) in [4.78, 5) is 71.9. The fourth-order valence-electron chi connectivity index (χ4n) is 7.54. The van der Waals surface area contributed by atoms with Gasteiger partial charge >= 0.3 is 38.8 Å². The van der Waals surface area contributed by atoms with Gasteiger partial charge in [0, 0.05) is 24.5 Å². The smallest absolute Gasteiger partial charge is 0.462 e. The molecule has 5 aromatic rings. The zero-order chi connectivity index (χ0) is 62.8. The molecule has 84 heavy (non-hydrogen) atoms. The summed E-state index contributed by atoms with van der Waals surface area (Å²) in [7, 11) is -9.14. The molecule has 2 aromatic heterocycles. The fourth-order valence-corrected chi connectivity index (χ4v) is 11.2. The Bertz CT molecular complexity index is 3410. The molecule has 462 valence electrons. The number of alkyl halides is 2. The highest BCUT2D eigenvalue weighted by molar-refractivity contribution is 7.52. The number of carbonyl (C=O) groups excluding carboxylic acids is 2. The maximum atomic E-state index is 14.0. The number of aliphatic hydroxyl groups excluding tert-OH is 3. The monoisotopic (exact) mass is 1270 g/mol. The first kappa shape index (κ1) is 68.5. The second-order valence-corrected chi connectivity index (χ2v) is 24.2. The third kappa shape index (κ3) is 17.2. The van der Waals surface area contributed by atoms with Crippen LogP contribution < -0.4 is 46.2 Å². The highest BCUT2D eigenvalue weighted by Gasteiger charge is 2.55. The number of benzene rings is 3. The largest absolute Gasteiger partial charge is 0.513 e. The minimum Gasteiger partial charge on any atom is -0.462 e. The van der Waals surface area contributed by atoms with E-state index in [9.17, 15) is 70.1 Å². The van der Waals surface area contributed by atoms with Gasteiger partial charge in [0.05, 0.1) is 25.4 Å². The summed E-state index contributed by atoms with van der Waals surface area (Å²) >= 11 is 12.7. The predicted molar refractivity (Wildman–Crippen MR) is 288 cm³/mol. The van der Waals surface area contributed by atoms with E-state index in [2.05, 4.69) is 24.7 Å². The van der Waals surface area contributed by atoms with Gasteiger partial charge < -0.3 is 47.8 Å². The Morgan fingerprint density at radius 2 is 0.988 bits per heavy atom. The quantitative estimate of drug-likeness (QED) is 0.0125. The third-order valence-electron chi connectivity index (χ3n) is 11.7. The molecule has 0 aliphatic carbocycles. The summed E-state index contributed by atoms with van der Waals surface area (Å²) in [5.74, 6) is -15.1. The summed E-state index contributed by atoms with van der Waals surface area (Å²) < 4.78 is 139. The molecule has 4 heterocycles. The van der Waals surface area contributed by atoms with E-state index >= 15 is 0 Å². The molecule has 2 saturated heterocycles. The van der Waals surface area contributed by atoms with Crippen molar-refractivity contribution in [3.8, 4) is 17.2 Å². The molecule has 0 spiro atoms. The molecule has 34 heteroatoms. The van der Waals surface area contributed by atoms with Gasteiger partial charge in [-0.1, -0.05) is 36.4 Å². The van der Waals surface area contributed by atoms with Crippen molar-refractivity contribution in [2.75, 3.05) is 13.2 Å². The molecule has 2 aliphatic heterocycles. The number of hydrogen-bond acceptors (Lipinski definition) is 19. The standard InChI is InChI=1S/C22H29ClN3O9P.C18H17F5NO5P.C10H13ClN2O5/c1-13(2)33-19(29)14(3)25-36(31,35-15-8-6-5-7-9-15)32-12-16-18(28)22(4,23)20(34-16)26-11-10-17(27)24-21(26)30;1-9(2)27-18(25)10(3)24-30(26,28-11-7-5-4-6-8-11)29-17-15(22)13(20)12(19)14(21)16(17)23;1-10(11)7(16)5(4-14)18-8(10)13-3-2-6(15)12-9(13)17/h5-11,13-14,16,18,20,28H,12H2,1-4H3,(H,25,31)(H,24,27,30);4-10H,1-3H3,(H,24,26);2-3,5,7-8,14,16H,4H2,1H3,(H,12,15,17)/t14-,16-,18-,20-,22-,36-;10-,30-;5-,7-,8-,10-/m111/s1. The van der Waals surface area contributed by atoms with E-state index in [0.29, 0.717) is 0 Å². The molecule has 12 atom stereocenters. The van der Waals surface area contributed by atoms with Crippen LogP contribution in [0.4, 0.5) is 22.0 Å². The number of H-pyrrole nitrogens is 2. The highest BCUT2D eigenvalue weighted by Crippen LogP contribution is 2.50. The first-order chi connectivity index (χ1) is 39.1. The maximum absolute atomic E-state index is 14.0. The molecule has 2 aliphatic rings. The lowest BCUT2D eigenvalue weighted by Gasteiger charge is -2.26. The number of aliphatic hydroxyl groups is 3. The maximum Gasteiger partial charge on any atom is 0.513 e. The molecule has 0 bridgehead atoms. The number of hydrogen-bond donors (Lipinski definition) is 7. The number of rotatable bonds is 20. The normalized spacial score (nSPS) is 24.0. The molecule has 7 rings (SSSR count). The van der Waals surface area contributed by atoms with Gasteiger partial charge in [-0.2, -0.15) is 19.0 Å². The zero-order valence-corrected chi connectivity index (χ0v) is 48.9. The summed E-state index contributed by atoms with van der Waals surface area (Å²) in [6.45, 7) is 11.1. The number of aromatic nitrogens is 4. The summed E-state index contributed by atoms with van der Waals surface area (Å²) in [5.41, 5.74) is -2.62. The Labute approximate surface area is 484 Å². The first-order valence-corrected chi connectivity index (χ1v) is 28.8. The lowest BCUT2D eigenvalue weighted by molar-refractivity contribution is -0.150. The molecule has 3 aromatic carbocycles. The molecule has 7 N–H and O–H groups in total. The number of aromatic amines is 2. The zero-order valence-electron chi connectivity index (χ0n) is 45.6. The second-order valence-electron chi connectivity index (χ2n) is 19.2. The Kier molecular flexibility index (Phi) is 23.4. The lowest BCUT2D eigenvalue weighted by atomic mass is 10.0. The van der Waals surface area contributed by atoms with E-state index in [0.717, 1.165) is 21.3 Å². The van der Waals surface area contributed by atoms with Gasteiger partial charge in [0.15, 0.2) is 12.5 Å². The summed E-state index contributed by atoms with van der Waals surface area (Å²) in [6, 6.07) is 15.0. The van der Waals surface area contributed by atoms with Gasteiger partial charge in [-0.3, -0.25) is 42.8 Å². The number of nitrogens with zero attached hydrogens (tertiary/aromatic N) is 2. The van der Waals surface area contributed by atoms with Crippen molar-refractivity contribution in [1.29, 1.82) is 0 Å².